The molecule has 1 saturated heterocycles. The van der Waals surface area contributed by atoms with E-state index in [1.807, 2.05) is 6.07 Å². The monoisotopic (exact) mass is 537 g/mol. The van der Waals surface area contributed by atoms with Crippen molar-refractivity contribution >= 4 is 16.6 Å². The molecule has 0 unspecified atom stereocenters. The average molecular weight is 538 g/mol. The van der Waals surface area contributed by atoms with Crippen LogP contribution in [0.5, 0.6) is 0 Å². The van der Waals surface area contributed by atoms with Crippen molar-refractivity contribution in [2.45, 2.75) is 45.3 Å². The number of anilines is 1. The highest BCUT2D eigenvalue weighted by Crippen LogP contribution is 2.37. The fourth-order valence-corrected chi connectivity index (χ4v) is 6.66. The molecule has 0 radical (unpaired) electrons. The van der Waals surface area contributed by atoms with Crippen LogP contribution in [0, 0.1) is 24.6 Å². The van der Waals surface area contributed by atoms with Gasteiger partial charge >= 0.3 is 0 Å². The second-order valence-electron chi connectivity index (χ2n) is 11.9. The highest BCUT2D eigenvalue weighted by Gasteiger charge is 2.32. The Kier molecular flexibility index (Phi) is 7.52. The molecule has 4 nitrogen and oxygen atoms in total. The molecule has 1 aliphatic heterocycles. The van der Waals surface area contributed by atoms with Gasteiger partial charge < -0.3 is 14.6 Å². The quantitative estimate of drug-likeness (QED) is 0.256. The van der Waals surface area contributed by atoms with E-state index in [1.165, 1.54) is 34.1 Å². The summed E-state index contributed by atoms with van der Waals surface area (Å²) in [5.74, 6) is 0.784. The number of para-hydroxylation sites is 1. The minimum Gasteiger partial charge on any atom is -0.393 e. The zero-order chi connectivity index (χ0) is 27.8. The molecule has 2 aliphatic rings. The van der Waals surface area contributed by atoms with Crippen molar-refractivity contribution < 1.29 is 9.50 Å². The maximum Gasteiger partial charge on any atom is 0.123 e. The SMILES string of the molecule is C=C(C1CCN(Cc2ccc3c(-c4cccc(F)c4)cn(C)c3c2)CC1)N(CC1CC(O)C1)c1ccccc1C. The normalized spacial score (nSPS) is 20.0. The molecule has 0 bridgehead atoms. The van der Waals surface area contributed by atoms with Crippen molar-refractivity contribution in [2.75, 3.05) is 24.5 Å². The first-order valence-corrected chi connectivity index (χ1v) is 14.6. The zero-order valence-electron chi connectivity index (χ0n) is 23.7. The summed E-state index contributed by atoms with van der Waals surface area (Å²) >= 11 is 0. The van der Waals surface area contributed by atoms with Gasteiger partial charge in [0.15, 0.2) is 0 Å². The Labute approximate surface area is 237 Å². The van der Waals surface area contributed by atoms with E-state index in [0.717, 1.165) is 68.4 Å². The predicted molar refractivity (Wildman–Crippen MR) is 163 cm³/mol. The number of hydrogen-bond donors (Lipinski definition) is 1. The minimum atomic E-state index is -0.207. The molecule has 1 aromatic heterocycles. The zero-order valence-corrected chi connectivity index (χ0v) is 23.7. The van der Waals surface area contributed by atoms with Gasteiger partial charge in [0.25, 0.3) is 0 Å². The highest BCUT2D eigenvalue weighted by atomic mass is 19.1. The second-order valence-corrected chi connectivity index (χ2v) is 11.9. The largest absolute Gasteiger partial charge is 0.393 e. The molecule has 40 heavy (non-hydrogen) atoms. The van der Waals surface area contributed by atoms with E-state index in [-0.39, 0.29) is 11.9 Å². The van der Waals surface area contributed by atoms with E-state index in [4.69, 9.17) is 0 Å². The Balaban J connectivity index is 1.12. The molecule has 6 rings (SSSR count). The third-order valence-corrected chi connectivity index (χ3v) is 9.06. The summed E-state index contributed by atoms with van der Waals surface area (Å²) in [6.45, 7) is 10.8. The van der Waals surface area contributed by atoms with Gasteiger partial charge in [-0.25, -0.2) is 4.39 Å². The lowest BCUT2D eigenvalue weighted by atomic mass is 9.81. The van der Waals surface area contributed by atoms with Crippen LogP contribution < -0.4 is 4.90 Å². The number of nitrogens with zero attached hydrogens (tertiary/aromatic N) is 3. The minimum absolute atomic E-state index is 0.136. The fourth-order valence-electron chi connectivity index (χ4n) is 6.66. The highest BCUT2D eigenvalue weighted by molar-refractivity contribution is 5.96. The number of halogens is 1. The van der Waals surface area contributed by atoms with Crippen LogP contribution in [0.3, 0.4) is 0 Å². The van der Waals surface area contributed by atoms with Gasteiger partial charge in [0, 0.05) is 60.1 Å². The molecule has 2 fully saturated rings. The number of benzene rings is 3. The third-order valence-electron chi connectivity index (χ3n) is 9.06. The Morgan fingerprint density at radius 3 is 2.52 bits per heavy atom. The van der Waals surface area contributed by atoms with E-state index >= 15 is 0 Å². The van der Waals surface area contributed by atoms with Gasteiger partial charge in [-0.3, -0.25) is 4.90 Å². The van der Waals surface area contributed by atoms with Crippen LogP contribution in [0.1, 0.15) is 36.8 Å². The summed E-state index contributed by atoms with van der Waals surface area (Å²) in [6, 6.07) is 22.2. The van der Waals surface area contributed by atoms with Crippen LogP contribution in [-0.4, -0.2) is 40.3 Å². The number of aliphatic hydroxyl groups excluding tert-OH is 1. The smallest absolute Gasteiger partial charge is 0.123 e. The first-order chi connectivity index (χ1) is 19.4. The van der Waals surface area contributed by atoms with E-state index in [9.17, 15) is 9.50 Å². The molecule has 1 aliphatic carbocycles. The molecule has 1 saturated carbocycles. The fraction of sp³-hybridized carbons (Fsp3) is 0.371. The Bertz CT molecular complexity index is 1510. The molecule has 2 heterocycles. The van der Waals surface area contributed by atoms with E-state index in [2.05, 4.69) is 83.6 Å². The number of likely N-dealkylation sites (tertiary alicyclic amines) is 1. The maximum atomic E-state index is 13.9. The van der Waals surface area contributed by atoms with Gasteiger partial charge in [-0.2, -0.15) is 0 Å². The molecule has 0 atom stereocenters. The molecule has 208 valence electrons. The van der Waals surface area contributed by atoms with Gasteiger partial charge in [0.2, 0.25) is 0 Å². The first kappa shape index (κ1) is 26.8. The average Bonchev–Trinajstić information content (AvgIpc) is 3.27. The van der Waals surface area contributed by atoms with E-state index < -0.39 is 0 Å². The van der Waals surface area contributed by atoms with Crippen LogP contribution in [0.4, 0.5) is 10.1 Å². The number of aliphatic hydroxyl groups is 1. The Morgan fingerprint density at radius 1 is 1.02 bits per heavy atom. The summed E-state index contributed by atoms with van der Waals surface area (Å²) in [5.41, 5.74) is 8.22. The lowest BCUT2D eigenvalue weighted by molar-refractivity contribution is 0.0462. The standard InChI is InChI=1S/C35H40FN3O/c1-24-7-4-5-10-34(24)39(22-27-17-31(40)18-27)25(2)28-13-15-38(16-14-28)21-26-11-12-32-33(23-37(3)35(32)19-26)29-8-6-9-30(36)20-29/h4-12,19-20,23,27-28,31,40H,2,13-18,21-22H2,1,3H3. The van der Waals surface area contributed by atoms with Gasteiger partial charge in [0.1, 0.15) is 5.82 Å². The van der Waals surface area contributed by atoms with Gasteiger partial charge in [-0.1, -0.05) is 49.0 Å². The lowest BCUT2D eigenvalue weighted by Crippen LogP contribution is -2.41. The van der Waals surface area contributed by atoms with Crippen LogP contribution >= 0.6 is 0 Å². The predicted octanol–water partition coefficient (Wildman–Crippen LogP) is 7.30. The van der Waals surface area contributed by atoms with Crippen LogP contribution in [0.2, 0.25) is 0 Å². The van der Waals surface area contributed by atoms with Gasteiger partial charge in [0.05, 0.1) is 6.10 Å². The van der Waals surface area contributed by atoms with Crippen LogP contribution in [0.15, 0.2) is 85.2 Å². The summed E-state index contributed by atoms with van der Waals surface area (Å²) in [6.07, 6.45) is 5.95. The number of piperidine rings is 1. The maximum absolute atomic E-state index is 13.9. The Hall–Kier alpha value is -3.41. The van der Waals surface area contributed by atoms with Crippen LogP contribution in [0.25, 0.3) is 22.0 Å². The molecular formula is C35H40FN3O. The molecule has 0 amide bonds. The number of aryl methyl sites for hydroxylation is 2. The van der Waals surface area contributed by atoms with Crippen LogP contribution in [-0.2, 0) is 13.6 Å². The Morgan fingerprint density at radius 2 is 1.80 bits per heavy atom. The van der Waals surface area contributed by atoms with Gasteiger partial charge in [-0.15, -0.1) is 0 Å². The number of allylic oxidation sites excluding steroid dienone is 1. The molecule has 4 aromatic rings. The van der Waals surface area contributed by atoms with Crippen molar-refractivity contribution in [3.63, 3.8) is 0 Å². The van der Waals surface area contributed by atoms with Crippen molar-refractivity contribution in [3.8, 4) is 11.1 Å². The summed E-state index contributed by atoms with van der Waals surface area (Å²) < 4.78 is 16.0. The molecule has 5 heteroatoms. The second kappa shape index (κ2) is 11.2. The number of rotatable bonds is 8. The first-order valence-electron chi connectivity index (χ1n) is 14.6. The number of fused-ring (bicyclic) bond motifs is 1. The third kappa shape index (κ3) is 5.45. The summed E-state index contributed by atoms with van der Waals surface area (Å²) in [5, 5.41) is 11.0. The summed E-state index contributed by atoms with van der Waals surface area (Å²) in [4.78, 5) is 5.01. The molecule has 3 aromatic carbocycles. The molecular weight excluding hydrogens is 497 g/mol. The van der Waals surface area contributed by atoms with E-state index in [0.29, 0.717) is 11.8 Å². The number of aromatic nitrogens is 1. The van der Waals surface area contributed by atoms with Crippen molar-refractivity contribution in [3.05, 3.63) is 102 Å². The number of hydrogen-bond acceptors (Lipinski definition) is 3. The topological polar surface area (TPSA) is 31.6 Å². The summed E-state index contributed by atoms with van der Waals surface area (Å²) in [7, 11) is 2.07. The molecule has 0 spiro atoms. The van der Waals surface area contributed by atoms with Crippen molar-refractivity contribution in [1.29, 1.82) is 0 Å². The van der Waals surface area contributed by atoms with Crippen molar-refractivity contribution in [2.24, 2.45) is 18.9 Å². The van der Waals surface area contributed by atoms with Crippen molar-refractivity contribution in [1.82, 2.24) is 9.47 Å². The van der Waals surface area contributed by atoms with Gasteiger partial charge in [-0.05, 0) is 92.6 Å². The van der Waals surface area contributed by atoms with E-state index in [1.54, 1.807) is 12.1 Å². The molecule has 1 N–H and O–H groups in total. The lowest BCUT2D eigenvalue weighted by Gasteiger charge is -2.41.